The highest BCUT2D eigenvalue weighted by atomic mass is 16.6. The van der Waals surface area contributed by atoms with Gasteiger partial charge in [-0.3, -0.25) is 4.79 Å². The first-order valence-corrected chi connectivity index (χ1v) is 16.9. The summed E-state index contributed by atoms with van der Waals surface area (Å²) < 4.78 is 28.9. The molecule has 0 radical (unpaired) electrons. The van der Waals surface area contributed by atoms with Crippen LogP contribution in [0.4, 0.5) is 9.59 Å². The third-order valence-corrected chi connectivity index (χ3v) is 8.52. The zero-order valence-electron chi connectivity index (χ0n) is 29.6. The van der Waals surface area contributed by atoms with E-state index >= 15 is 0 Å². The van der Waals surface area contributed by atoms with Crippen molar-refractivity contribution < 1.29 is 37.7 Å². The van der Waals surface area contributed by atoms with Gasteiger partial charge in [0.2, 0.25) is 11.8 Å². The summed E-state index contributed by atoms with van der Waals surface area (Å²) in [6.07, 6.45) is -1.05. The monoisotopic (exact) mass is 676 g/mol. The molecule has 12 heteroatoms. The molecule has 264 valence electrons. The minimum absolute atomic E-state index is 0.0835. The third kappa shape index (κ3) is 8.59. The summed E-state index contributed by atoms with van der Waals surface area (Å²) in [6.45, 7) is 15.0. The van der Waals surface area contributed by atoms with Gasteiger partial charge in [-0.1, -0.05) is 48.5 Å². The van der Waals surface area contributed by atoms with Crippen LogP contribution in [0.15, 0.2) is 52.9 Å². The normalized spacial score (nSPS) is 19.9. The number of carbonyl (C=O) groups is 3. The summed E-state index contributed by atoms with van der Waals surface area (Å²) in [5.41, 5.74) is 2.07. The number of aromatic nitrogens is 2. The first-order valence-electron chi connectivity index (χ1n) is 16.9. The topological polar surface area (TPSA) is 151 Å². The van der Waals surface area contributed by atoms with Crippen LogP contribution in [0.2, 0.25) is 0 Å². The Kier molecular flexibility index (Phi) is 10.4. The summed E-state index contributed by atoms with van der Waals surface area (Å²) in [7, 11) is 0. The van der Waals surface area contributed by atoms with Crippen molar-refractivity contribution in [2.75, 3.05) is 13.2 Å². The van der Waals surface area contributed by atoms with E-state index in [1.165, 1.54) is 0 Å². The van der Waals surface area contributed by atoms with Gasteiger partial charge in [0.1, 0.15) is 23.8 Å². The Morgan fingerprint density at radius 3 is 2.08 bits per heavy atom. The first kappa shape index (κ1) is 35.8. The maximum Gasteiger partial charge on any atom is 0.408 e. The van der Waals surface area contributed by atoms with Gasteiger partial charge in [-0.05, 0) is 96.4 Å². The van der Waals surface area contributed by atoms with Crippen molar-refractivity contribution in [3.8, 4) is 11.1 Å². The number of ether oxygens (including phenoxy) is 4. The predicted molar refractivity (Wildman–Crippen MR) is 181 cm³/mol. The predicted octanol–water partition coefficient (Wildman–Crippen LogP) is 6.94. The van der Waals surface area contributed by atoms with Crippen LogP contribution < -0.4 is 10.6 Å². The fourth-order valence-electron chi connectivity index (χ4n) is 6.68. The van der Waals surface area contributed by atoms with Crippen LogP contribution in [0.5, 0.6) is 0 Å². The van der Waals surface area contributed by atoms with Crippen LogP contribution in [0, 0.1) is 5.92 Å². The van der Waals surface area contributed by atoms with Crippen molar-refractivity contribution in [1.82, 2.24) is 20.8 Å². The maximum atomic E-state index is 13.5. The molecule has 1 saturated carbocycles. The molecule has 1 heterocycles. The highest BCUT2D eigenvalue weighted by Crippen LogP contribution is 2.48. The van der Waals surface area contributed by atoms with Gasteiger partial charge >= 0.3 is 18.2 Å². The molecule has 2 aromatic carbocycles. The van der Waals surface area contributed by atoms with Crippen LogP contribution in [0.25, 0.3) is 11.1 Å². The Labute approximate surface area is 287 Å². The quantitative estimate of drug-likeness (QED) is 0.161. The minimum Gasteiger partial charge on any atom is -0.466 e. The lowest BCUT2D eigenvalue weighted by atomic mass is 9.67. The SMILES string of the molecule is CCOC(=O)CC1CC(NC(=O)OCC2c3ccccc3-c3ccccc32)(c2nnc([C@@H](NC(=O)OC(C)(C)C)[C@H](C)OC(C)(C)C)o2)C1. The van der Waals surface area contributed by atoms with E-state index in [0.717, 1.165) is 22.3 Å². The summed E-state index contributed by atoms with van der Waals surface area (Å²) in [5, 5.41) is 14.4. The number of esters is 1. The summed E-state index contributed by atoms with van der Waals surface area (Å²) in [6, 6.07) is 15.4. The third-order valence-electron chi connectivity index (χ3n) is 8.52. The highest BCUT2D eigenvalue weighted by molar-refractivity contribution is 5.79. The molecule has 5 rings (SSSR count). The number of rotatable bonds is 11. The van der Waals surface area contributed by atoms with Crippen molar-refractivity contribution in [3.05, 3.63) is 71.4 Å². The molecule has 1 fully saturated rings. The number of fused-ring (bicyclic) bond motifs is 3. The average molecular weight is 677 g/mol. The Hall–Kier alpha value is -4.45. The molecule has 2 amide bonds. The number of carbonyl (C=O) groups excluding carboxylic acids is 3. The van der Waals surface area contributed by atoms with Gasteiger partial charge in [0.05, 0.1) is 18.3 Å². The molecular formula is C37H48N4O8. The Bertz CT molecular complexity index is 1600. The van der Waals surface area contributed by atoms with E-state index in [-0.39, 0.29) is 49.2 Å². The minimum atomic E-state index is -1.10. The van der Waals surface area contributed by atoms with Gasteiger partial charge in [-0.2, -0.15) is 0 Å². The summed E-state index contributed by atoms with van der Waals surface area (Å²) in [5.74, 6) is -0.313. The molecule has 49 heavy (non-hydrogen) atoms. The number of benzene rings is 2. The number of alkyl carbamates (subject to hydrolysis) is 2. The highest BCUT2D eigenvalue weighted by Gasteiger charge is 2.52. The zero-order chi connectivity index (χ0) is 35.6. The number of hydrogen-bond acceptors (Lipinski definition) is 10. The maximum absolute atomic E-state index is 13.5. The molecular weight excluding hydrogens is 628 g/mol. The molecule has 2 aliphatic carbocycles. The van der Waals surface area contributed by atoms with E-state index in [9.17, 15) is 14.4 Å². The van der Waals surface area contributed by atoms with Crippen LogP contribution in [0.1, 0.15) is 110 Å². The molecule has 0 bridgehead atoms. The van der Waals surface area contributed by atoms with Gasteiger partial charge in [-0.15, -0.1) is 10.2 Å². The Morgan fingerprint density at radius 1 is 0.898 bits per heavy atom. The van der Waals surface area contributed by atoms with Crippen LogP contribution in [-0.2, 0) is 29.3 Å². The van der Waals surface area contributed by atoms with Crippen LogP contribution in [-0.4, -0.2) is 58.9 Å². The number of nitrogens with one attached hydrogen (secondary N) is 2. The zero-order valence-corrected chi connectivity index (χ0v) is 29.6. The molecule has 2 aliphatic rings. The van der Waals surface area contributed by atoms with Crippen LogP contribution in [0.3, 0.4) is 0 Å². The lowest BCUT2D eigenvalue weighted by molar-refractivity contribution is -0.145. The van der Waals surface area contributed by atoms with Crippen molar-refractivity contribution in [3.63, 3.8) is 0 Å². The van der Waals surface area contributed by atoms with E-state index in [0.29, 0.717) is 12.8 Å². The molecule has 0 saturated heterocycles. The molecule has 0 spiro atoms. The Balaban J connectivity index is 1.36. The molecule has 12 nitrogen and oxygen atoms in total. The second kappa shape index (κ2) is 14.2. The van der Waals surface area contributed by atoms with E-state index in [1.54, 1.807) is 34.6 Å². The number of nitrogens with zero attached hydrogens (tertiary/aromatic N) is 2. The Morgan fingerprint density at radius 2 is 1.51 bits per heavy atom. The van der Waals surface area contributed by atoms with Crippen molar-refractivity contribution in [2.45, 2.75) is 109 Å². The van der Waals surface area contributed by atoms with Gasteiger partial charge < -0.3 is 34.0 Å². The molecule has 2 N–H and O–H groups in total. The van der Waals surface area contributed by atoms with Gasteiger partial charge in [0.15, 0.2) is 0 Å². The van der Waals surface area contributed by atoms with Crippen LogP contribution >= 0.6 is 0 Å². The first-order chi connectivity index (χ1) is 23.1. The summed E-state index contributed by atoms with van der Waals surface area (Å²) >= 11 is 0. The molecule has 2 atom stereocenters. The van der Waals surface area contributed by atoms with E-state index in [1.807, 2.05) is 45.0 Å². The largest absolute Gasteiger partial charge is 0.466 e. The second-order valence-electron chi connectivity index (χ2n) is 14.8. The van der Waals surface area contributed by atoms with Crippen molar-refractivity contribution in [1.29, 1.82) is 0 Å². The van der Waals surface area contributed by atoms with E-state index in [2.05, 4.69) is 45.1 Å². The fraction of sp³-hybridized carbons (Fsp3) is 0.541. The van der Waals surface area contributed by atoms with Gasteiger partial charge in [0.25, 0.3) is 0 Å². The molecule has 0 aliphatic heterocycles. The van der Waals surface area contributed by atoms with Gasteiger partial charge in [0, 0.05) is 12.3 Å². The van der Waals surface area contributed by atoms with Crippen molar-refractivity contribution >= 4 is 18.2 Å². The molecule has 3 aromatic rings. The van der Waals surface area contributed by atoms with E-state index in [4.69, 9.17) is 23.4 Å². The van der Waals surface area contributed by atoms with Gasteiger partial charge in [-0.25, -0.2) is 9.59 Å². The molecule has 0 unspecified atom stereocenters. The smallest absolute Gasteiger partial charge is 0.408 e. The number of amides is 2. The standard InChI is InChI=1S/C37H48N4O8/c1-9-45-29(42)18-23-19-37(20-23,39-34(44)46-21-28-26-16-12-10-14-24(26)25-15-11-13-17-27(25)28)32-41-40-31(47-32)30(22(2)48-35(3,4)5)38-33(43)49-36(6,7)8/h10-17,22-23,28,30H,9,18-21H2,1-8H3,(H,38,43)(H,39,44)/t22-,23?,30-,37?/m0/s1. The fourth-order valence-corrected chi connectivity index (χ4v) is 6.68. The second-order valence-corrected chi connectivity index (χ2v) is 14.8. The van der Waals surface area contributed by atoms with Crippen molar-refractivity contribution in [2.24, 2.45) is 5.92 Å². The van der Waals surface area contributed by atoms with E-state index < -0.39 is 41.1 Å². The summed E-state index contributed by atoms with van der Waals surface area (Å²) in [4.78, 5) is 38.7. The lowest BCUT2D eigenvalue weighted by Crippen LogP contribution is -2.55. The molecule has 1 aromatic heterocycles. The average Bonchev–Trinajstić information content (AvgIpc) is 3.60. The lowest BCUT2D eigenvalue weighted by Gasteiger charge is -2.44. The number of hydrogen-bond donors (Lipinski definition) is 2.